The molecule has 0 amide bonds. The summed E-state index contributed by atoms with van der Waals surface area (Å²) in [6.45, 7) is 7.16. The molecule has 0 radical (unpaired) electrons. The summed E-state index contributed by atoms with van der Waals surface area (Å²) in [5.74, 6) is 2.43. The molecule has 0 spiro atoms. The van der Waals surface area contributed by atoms with E-state index in [-0.39, 0.29) is 0 Å². The fourth-order valence-electron chi connectivity index (χ4n) is 3.17. The molecule has 148 valence electrons. The number of fused-ring (bicyclic) bond motifs is 1. The Labute approximate surface area is 168 Å². The van der Waals surface area contributed by atoms with Gasteiger partial charge in [0.05, 0.1) is 31.0 Å². The number of para-hydroxylation sites is 1. The number of rotatable bonds is 8. The van der Waals surface area contributed by atoms with E-state index in [1.807, 2.05) is 16.8 Å². The number of benzene rings is 1. The maximum atomic E-state index is 5.44. The molecule has 4 rings (SSSR count). The fourth-order valence-corrected chi connectivity index (χ4v) is 4.15. The van der Waals surface area contributed by atoms with Crippen LogP contribution in [0.4, 0.5) is 0 Å². The van der Waals surface area contributed by atoms with Crippen LogP contribution in [-0.2, 0) is 23.6 Å². The minimum Gasteiger partial charge on any atom is -0.379 e. The number of thioether (sulfide) groups is 1. The summed E-state index contributed by atoms with van der Waals surface area (Å²) in [6, 6.07) is 8.18. The van der Waals surface area contributed by atoms with E-state index in [2.05, 4.69) is 39.5 Å². The van der Waals surface area contributed by atoms with Crippen LogP contribution in [0.2, 0.25) is 0 Å². The van der Waals surface area contributed by atoms with Crippen molar-refractivity contribution in [1.29, 1.82) is 0 Å². The molecule has 0 saturated carbocycles. The summed E-state index contributed by atoms with van der Waals surface area (Å²) in [7, 11) is 0. The van der Waals surface area contributed by atoms with E-state index in [1.165, 1.54) is 0 Å². The first-order valence-electron chi connectivity index (χ1n) is 9.77. The number of hydrogen-bond donors (Lipinski definition) is 0. The van der Waals surface area contributed by atoms with Gasteiger partial charge in [-0.25, -0.2) is 14.6 Å². The lowest BCUT2D eigenvalue weighted by Crippen LogP contribution is -2.36. The van der Waals surface area contributed by atoms with Crippen LogP contribution < -0.4 is 0 Å². The predicted octanol–water partition coefficient (Wildman–Crippen LogP) is 2.54. The monoisotopic (exact) mass is 399 g/mol. The van der Waals surface area contributed by atoms with Crippen LogP contribution in [0.3, 0.4) is 0 Å². The second-order valence-electron chi connectivity index (χ2n) is 6.81. The summed E-state index contributed by atoms with van der Waals surface area (Å²) in [5.41, 5.74) is 0.980. The fraction of sp³-hybridized carbons (Fsp3) is 0.526. The standard InChI is InChI=1S/C19H25N7OS/c1-2-3-8-26-18(22-23-24-26)14-28-19-15-6-4-5-7-16(15)20-17(21-19)13-25-9-11-27-12-10-25/h4-7H,2-3,8-14H2,1H3. The van der Waals surface area contributed by atoms with Crippen molar-refractivity contribution in [3.63, 3.8) is 0 Å². The van der Waals surface area contributed by atoms with Gasteiger partial charge in [-0.3, -0.25) is 4.90 Å². The molecular formula is C19H25N7OS. The van der Waals surface area contributed by atoms with E-state index < -0.39 is 0 Å². The lowest BCUT2D eigenvalue weighted by Gasteiger charge is -2.25. The summed E-state index contributed by atoms with van der Waals surface area (Å²) in [5, 5.41) is 14.2. The van der Waals surface area contributed by atoms with Crippen molar-refractivity contribution in [3.05, 3.63) is 35.9 Å². The molecule has 1 fully saturated rings. The molecular weight excluding hydrogens is 374 g/mol. The van der Waals surface area contributed by atoms with E-state index >= 15 is 0 Å². The third-order valence-corrected chi connectivity index (χ3v) is 5.74. The molecule has 28 heavy (non-hydrogen) atoms. The van der Waals surface area contributed by atoms with Gasteiger partial charge in [-0.15, -0.1) is 5.10 Å². The third-order valence-electron chi connectivity index (χ3n) is 4.75. The number of aryl methyl sites for hydroxylation is 1. The van der Waals surface area contributed by atoms with Crippen molar-refractivity contribution < 1.29 is 4.74 Å². The Balaban J connectivity index is 1.54. The van der Waals surface area contributed by atoms with Gasteiger partial charge in [-0.1, -0.05) is 43.3 Å². The highest BCUT2D eigenvalue weighted by molar-refractivity contribution is 7.98. The molecule has 9 heteroatoms. The van der Waals surface area contributed by atoms with Gasteiger partial charge in [0.25, 0.3) is 0 Å². The van der Waals surface area contributed by atoms with E-state index in [1.54, 1.807) is 11.8 Å². The number of tetrazole rings is 1. The second kappa shape index (κ2) is 9.40. The number of morpholine rings is 1. The van der Waals surface area contributed by atoms with Crippen molar-refractivity contribution in [2.75, 3.05) is 26.3 Å². The smallest absolute Gasteiger partial charge is 0.161 e. The van der Waals surface area contributed by atoms with E-state index in [0.717, 1.165) is 79.8 Å². The van der Waals surface area contributed by atoms with Gasteiger partial charge >= 0.3 is 0 Å². The molecule has 0 atom stereocenters. The van der Waals surface area contributed by atoms with Crippen LogP contribution in [0.15, 0.2) is 29.3 Å². The topological polar surface area (TPSA) is 81.9 Å². The Morgan fingerprint density at radius 1 is 1.14 bits per heavy atom. The summed E-state index contributed by atoms with van der Waals surface area (Å²) < 4.78 is 7.34. The highest BCUT2D eigenvalue weighted by Crippen LogP contribution is 2.28. The normalized spacial score (nSPS) is 15.3. The molecule has 1 saturated heterocycles. The van der Waals surface area contributed by atoms with E-state index in [9.17, 15) is 0 Å². The SMILES string of the molecule is CCCCn1nnnc1CSc1nc(CN2CCOCC2)nc2ccccc12. The Morgan fingerprint density at radius 2 is 2.00 bits per heavy atom. The van der Waals surface area contributed by atoms with E-state index in [4.69, 9.17) is 14.7 Å². The van der Waals surface area contributed by atoms with Gasteiger partial charge in [0.15, 0.2) is 5.82 Å². The molecule has 1 aromatic carbocycles. The summed E-state index contributed by atoms with van der Waals surface area (Å²) in [6.07, 6.45) is 2.19. The minimum absolute atomic E-state index is 0.689. The van der Waals surface area contributed by atoms with Crippen LogP contribution in [-0.4, -0.2) is 61.4 Å². The average molecular weight is 400 g/mol. The number of nitrogens with zero attached hydrogens (tertiary/aromatic N) is 7. The Morgan fingerprint density at radius 3 is 2.86 bits per heavy atom. The molecule has 1 aliphatic rings. The number of hydrogen-bond acceptors (Lipinski definition) is 8. The van der Waals surface area contributed by atoms with Crippen molar-refractivity contribution in [3.8, 4) is 0 Å². The maximum absolute atomic E-state index is 5.44. The zero-order chi connectivity index (χ0) is 19.2. The van der Waals surface area contributed by atoms with Crippen LogP contribution in [0.1, 0.15) is 31.4 Å². The van der Waals surface area contributed by atoms with Crippen LogP contribution >= 0.6 is 11.8 Å². The molecule has 3 aromatic rings. The Kier molecular flexibility index (Phi) is 6.45. The van der Waals surface area contributed by atoms with Crippen molar-refractivity contribution in [1.82, 2.24) is 35.1 Å². The van der Waals surface area contributed by atoms with Gasteiger partial charge in [-0.2, -0.15) is 0 Å². The Hall–Kier alpha value is -2.10. The van der Waals surface area contributed by atoms with Crippen LogP contribution in [0.5, 0.6) is 0 Å². The quantitative estimate of drug-likeness (QED) is 0.422. The molecule has 3 heterocycles. The van der Waals surface area contributed by atoms with Crippen molar-refractivity contribution in [2.24, 2.45) is 0 Å². The van der Waals surface area contributed by atoms with Gasteiger partial charge in [0.1, 0.15) is 10.9 Å². The van der Waals surface area contributed by atoms with Gasteiger partial charge in [0, 0.05) is 25.0 Å². The van der Waals surface area contributed by atoms with Crippen molar-refractivity contribution in [2.45, 2.75) is 43.6 Å². The first kappa shape index (κ1) is 19.2. The van der Waals surface area contributed by atoms with Crippen LogP contribution in [0.25, 0.3) is 10.9 Å². The largest absolute Gasteiger partial charge is 0.379 e. The molecule has 0 unspecified atom stereocenters. The number of aromatic nitrogens is 6. The molecule has 0 N–H and O–H groups in total. The highest BCUT2D eigenvalue weighted by Gasteiger charge is 2.15. The first-order chi connectivity index (χ1) is 13.8. The zero-order valence-corrected chi connectivity index (χ0v) is 16.9. The summed E-state index contributed by atoms with van der Waals surface area (Å²) >= 11 is 1.67. The third kappa shape index (κ3) is 4.65. The predicted molar refractivity (Wildman–Crippen MR) is 108 cm³/mol. The first-order valence-corrected chi connectivity index (χ1v) is 10.8. The van der Waals surface area contributed by atoms with E-state index in [0.29, 0.717) is 5.75 Å². The molecule has 1 aliphatic heterocycles. The lowest BCUT2D eigenvalue weighted by atomic mass is 10.2. The van der Waals surface area contributed by atoms with Gasteiger partial charge in [-0.05, 0) is 22.9 Å². The molecule has 0 bridgehead atoms. The highest BCUT2D eigenvalue weighted by atomic mass is 32.2. The number of ether oxygens (including phenoxy) is 1. The van der Waals surface area contributed by atoms with Crippen LogP contribution in [0, 0.1) is 0 Å². The Bertz CT molecular complexity index is 910. The molecule has 0 aliphatic carbocycles. The van der Waals surface area contributed by atoms with Gasteiger partial charge in [0.2, 0.25) is 0 Å². The second-order valence-corrected chi connectivity index (χ2v) is 7.78. The molecule has 8 nitrogen and oxygen atoms in total. The van der Waals surface area contributed by atoms with Gasteiger partial charge < -0.3 is 4.74 Å². The van der Waals surface area contributed by atoms with Crippen molar-refractivity contribution >= 4 is 22.7 Å². The lowest BCUT2D eigenvalue weighted by molar-refractivity contribution is 0.0330. The number of unbranched alkanes of at least 4 members (excludes halogenated alkanes) is 1. The average Bonchev–Trinajstić information content (AvgIpc) is 3.18. The maximum Gasteiger partial charge on any atom is 0.161 e. The summed E-state index contributed by atoms with van der Waals surface area (Å²) in [4.78, 5) is 12.0. The minimum atomic E-state index is 0.689. The molecule has 2 aromatic heterocycles. The zero-order valence-electron chi connectivity index (χ0n) is 16.1.